The monoisotopic (exact) mass is 333 g/mol. The Labute approximate surface area is 140 Å². The molecule has 0 aliphatic heterocycles. The van der Waals surface area contributed by atoms with Crippen molar-refractivity contribution in [3.63, 3.8) is 0 Å². The SMILES string of the molecule is CC(NC(=O)NCc1ncnn1C)c1nc(C2CCCCC2)no1. The average Bonchev–Trinajstić information content (AvgIpc) is 3.23. The number of hydrogen-bond acceptors (Lipinski definition) is 6. The van der Waals surface area contributed by atoms with Crippen molar-refractivity contribution in [1.29, 1.82) is 0 Å². The minimum atomic E-state index is -0.352. The van der Waals surface area contributed by atoms with Gasteiger partial charge in [0.25, 0.3) is 0 Å². The fraction of sp³-hybridized carbons (Fsp3) is 0.667. The van der Waals surface area contributed by atoms with Gasteiger partial charge in [-0.1, -0.05) is 24.4 Å². The maximum Gasteiger partial charge on any atom is 0.315 e. The summed E-state index contributed by atoms with van der Waals surface area (Å²) in [6, 6.07) is -0.669. The molecule has 1 atom stereocenters. The van der Waals surface area contributed by atoms with Gasteiger partial charge in [-0.25, -0.2) is 9.78 Å². The second kappa shape index (κ2) is 7.41. The number of aryl methyl sites for hydroxylation is 1. The summed E-state index contributed by atoms with van der Waals surface area (Å²) in [6.07, 6.45) is 7.38. The Morgan fingerprint density at radius 2 is 2.21 bits per heavy atom. The standard InChI is InChI=1S/C15H23N7O2/c1-10(19-15(23)16-8-12-17-9-18-22(12)2)14-20-13(21-24-14)11-6-4-3-5-7-11/h9-11H,3-8H2,1-2H3,(H2,16,19,23). The van der Waals surface area contributed by atoms with Crippen LogP contribution in [0.5, 0.6) is 0 Å². The van der Waals surface area contributed by atoms with E-state index in [1.54, 1.807) is 11.7 Å². The lowest BCUT2D eigenvalue weighted by Gasteiger charge is -2.17. The molecule has 130 valence electrons. The molecule has 24 heavy (non-hydrogen) atoms. The van der Waals surface area contributed by atoms with Crippen molar-refractivity contribution in [1.82, 2.24) is 35.5 Å². The molecular weight excluding hydrogens is 310 g/mol. The Kier molecular flexibility index (Phi) is 5.07. The van der Waals surface area contributed by atoms with E-state index in [4.69, 9.17) is 4.52 Å². The predicted octanol–water partition coefficient (Wildman–Crippen LogP) is 1.81. The number of carbonyl (C=O) groups excluding carboxylic acids is 1. The van der Waals surface area contributed by atoms with Gasteiger partial charge in [-0.05, 0) is 19.8 Å². The zero-order valence-corrected chi connectivity index (χ0v) is 14.0. The van der Waals surface area contributed by atoms with Crippen molar-refractivity contribution in [2.45, 2.75) is 57.5 Å². The molecule has 3 rings (SSSR count). The Morgan fingerprint density at radius 3 is 2.92 bits per heavy atom. The summed E-state index contributed by atoms with van der Waals surface area (Å²) in [5.41, 5.74) is 0. The zero-order chi connectivity index (χ0) is 16.9. The summed E-state index contributed by atoms with van der Waals surface area (Å²) in [5, 5.41) is 13.6. The number of carbonyl (C=O) groups is 1. The molecule has 1 aliphatic carbocycles. The highest BCUT2D eigenvalue weighted by molar-refractivity contribution is 5.74. The minimum absolute atomic E-state index is 0.298. The molecule has 1 unspecified atom stereocenters. The largest absolute Gasteiger partial charge is 0.337 e. The van der Waals surface area contributed by atoms with E-state index in [0.717, 1.165) is 18.7 Å². The molecular formula is C15H23N7O2. The van der Waals surface area contributed by atoms with E-state index in [-0.39, 0.29) is 12.1 Å². The third kappa shape index (κ3) is 3.90. The maximum atomic E-state index is 12.0. The molecule has 2 N–H and O–H groups in total. The van der Waals surface area contributed by atoms with Crippen LogP contribution in [0.4, 0.5) is 4.79 Å². The quantitative estimate of drug-likeness (QED) is 0.863. The highest BCUT2D eigenvalue weighted by Gasteiger charge is 2.23. The molecule has 2 heterocycles. The Hall–Kier alpha value is -2.45. The lowest BCUT2D eigenvalue weighted by atomic mass is 9.89. The summed E-state index contributed by atoms with van der Waals surface area (Å²) >= 11 is 0. The number of amides is 2. The summed E-state index contributed by atoms with van der Waals surface area (Å²) in [4.78, 5) is 20.5. The van der Waals surface area contributed by atoms with Crippen LogP contribution in [0, 0.1) is 0 Å². The number of rotatable bonds is 5. The van der Waals surface area contributed by atoms with Crippen LogP contribution in [-0.4, -0.2) is 30.9 Å². The molecule has 2 aromatic rings. The highest BCUT2D eigenvalue weighted by atomic mass is 16.5. The van der Waals surface area contributed by atoms with Crippen molar-refractivity contribution < 1.29 is 9.32 Å². The number of nitrogens with zero attached hydrogens (tertiary/aromatic N) is 5. The summed E-state index contributed by atoms with van der Waals surface area (Å²) in [5.74, 6) is 2.26. The smallest absolute Gasteiger partial charge is 0.315 e. The van der Waals surface area contributed by atoms with E-state index in [2.05, 4.69) is 30.9 Å². The van der Waals surface area contributed by atoms with Crippen LogP contribution in [0.2, 0.25) is 0 Å². The summed E-state index contributed by atoms with van der Waals surface area (Å²) in [6.45, 7) is 2.12. The molecule has 2 aromatic heterocycles. The Balaban J connectivity index is 1.50. The molecule has 1 saturated carbocycles. The van der Waals surface area contributed by atoms with Crippen molar-refractivity contribution in [2.24, 2.45) is 7.05 Å². The maximum absolute atomic E-state index is 12.0. The first-order chi connectivity index (χ1) is 11.6. The first-order valence-electron chi connectivity index (χ1n) is 8.34. The lowest BCUT2D eigenvalue weighted by Crippen LogP contribution is -2.37. The first-order valence-corrected chi connectivity index (χ1v) is 8.34. The van der Waals surface area contributed by atoms with Gasteiger partial charge in [0.05, 0.1) is 6.54 Å². The van der Waals surface area contributed by atoms with E-state index in [0.29, 0.717) is 24.2 Å². The topological polar surface area (TPSA) is 111 Å². The molecule has 0 radical (unpaired) electrons. The van der Waals surface area contributed by atoms with Gasteiger partial charge in [-0.15, -0.1) is 0 Å². The summed E-state index contributed by atoms with van der Waals surface area (Å²) < 4.78 is 6.93. The highest BCUT2D eigenvalue weighted by Crippen LogP contribution is 2.31. The van der Waals surface area contributed by atoms with Crippen LogP contribution >= 0.6 is 0 Å². The predicted molar refractivity (Wildman–Crippen MR) is 84.9 cm³/mol. The molecule has 0 saturated heterocycles. The van der Waals surface area contributed by atoms with E-state index in [1.165, 1.54) is 25.6 Å². The Morgan fingerprint density at radius 1 is 1.42 bits per heavy atom. The van der Waals surface area contributed by atoms with Crippen molar-refractivity contribution in [2.75, 3.05) is 0 Å². The molecule has 9 heteroatoms. The second-order valence-corrected chi connectivity index (χ2v) is 6.17. The van der Waals surface area contributed by atoms with Crippen molar-refractivity contribution in [3.8, 4) is 0 Å². The lowest BCUT2D eigenvalue weighted by molar-refractivity contribution is 0.233. The minimum Gasteiger partial charge on any atom is -0.337 e. The van der Waals surface area contributed by atoms with Gasteiger partial charge in [0, 0.05) is 13.0 Å². The van der Waals surface area contributed by atoms with E-state index in [1.807, 2.05) is 6.92 Å². The number of nitrogens with one attached hydrogen (secondary N) is 2. The van der Waals surface area contributed by atoms with Crippen LogP contribution < -0.4 is 10.6 Å². The van der Waals surface area contributed by atoms with Crippen LogP contribution in [0.1, 0.15) is 68.5 Å². The van der Waals surface area contributed by atoms with Crippen molar-refractivity contribution in [3.05, 3.63) is 23.9 Å². The van der Waals surface area contributed by atoms with Gasteiger partial charge in [0.15, 0.2) is 5.82 Å². The second-order valence-electron chi connectivity index (χ2n) is 6.17. The fourth-order valence-corrected chi connectivity index (χ4v) is 2.90. The summed E-state index contributed by atoms with van der Waals surface area (Å²) in [7, 11) is 1.77. The van der Waals surface area contributed by atoms with E-state index < -0.39 is 0 Å². The first kappa shape index (κ1) is 16.4. The zero-order valence-electron chi connectivity index (χ0n) is 14.0. The van der Waals surface area contributed by atoms with Gasteiger partial charge in [0.2, 0.25) is 5.89 Å². The molecule has 2 amide bonds. The van der Waals surface area contributed by atoms with Gasteiger partial charge < -0.3 is 15.2 Å². The average molecular weight is 333 g/mol. The molecule has 0 bridgehead atoms. The van der Waals surface area contributed by atoms with Gasteiger partial charge >= 0.3 is 6.03 Å². The molecule has 1 aliphatic rings. The number of urea groups is 1. The normalized spacial score (nSPS) is 16.8. The third-order valence-corrected chi connectivity index (χ3v) is 4.36. The fourth-order valence-electron chi connectivity index (χ4n) is 2.90. The number of aromatic nitrogens is 5. The van der Waals surface area contributed by atoms with Gasteiger partial charge in [-0.3, -0.25) is 4.68 Å². The van der Waals surface area contributed by atoms with E-state index in [9.17, 15) is 4.79 Å². The van der Waals surface area contributed by atoms with Crippen LogP contribution in [-0.2, 0) is 13.6 Å². The van der Waals surface area contributed by atoms with E-state index >= 15 is 0 Å². The van der Waals surface area contributed by atoms with Gasteiger partial charge in [-0.2, -0.15) is 10.1 Å². The van der Waals surface area contributed by atoms with Crippen molar-refractivity contribution >= 4 is 6.03 Å². The van der Waals surface area contributed by atoms with Crippen LogP contribution in [0.3, 0.4) is 0 Å². The Bertz CT molecular complexity index is 675. The van der Waals surface area contributed by atoms with Gasteiger partial charge in [0.1, 0.15) is 18.2 Å². The molecule has 1 fully saturated rings. The molecule has 9 nitrogen and oxygen atoms in total. The van der Waals surface area contributed by atoms with Crippen LogP contribution in [0.25, 0.3) is 0 Å². The third-order valence-electron chi connectivity index (χ3n) is 4.36. The molecule has 0 aromatic carbocycles. The molecule has 0 spiro atoms. The number of hydrogen-bond donors (Lipinski definition) is 2. The van der Waals surface area contributed by atoms with Crippen LogP contribution in [0.15, 0.2) is 10.9 Å².